The summed E-state index contributed by atoms with van der Waals surface area (Å²) in [5.74, 6) is -4.25. The number of amides is 1. The Morgan fingerprint density at radius 2 is 1.84 bits per heavy atom. The Hall–Kier alpha value is -2.75. The minimum Gasteiger partial charge on any atom is -0.481 e. The second-order valence-corrected chi connectivity index (χ2v) is 7.73. The Labute approximate surface area is 173 Å². The van der Waals surface area contributed by atoms with Crippen LogP contribution in [0.4, 0.5) is 26.3 Å². The number of benzene rings is 2. The van der Waals surface area contributed by atoms with Crippen LogP contribution in [0.15, 0.2) is 36.4 Å². The molecule has 2 aromatic rings. The van der Waals surface area contributed by atoms with E-state index in [0.717, 1.165) is 18.2 Å². The van der Waals surface area contributed by atoms with E-state index < -0.39 is 59.5 Å². The van der Waals surface area contributed by atoms with Gasteiger partial charge < -0.3 is 15.2 Å². The monoisotopic (exact) mass is 447 g/mol. The van der Waals surface area contributed by atoms with Gasteiger partial charge in [0.1, 0.15) is 11.6 Å². The predicted octanol–water partition coefficient (Wildman–Crippen LogP) is 4.45. The predicted molar refractivity (Wildman–Crippen MR) is 97.6 cm³/mol. The van der Waals surface area contributed by atoms with Crippen LogP contribution in [-0.2, 0) is 15.9 Å². The Bertz CT molecular complexity index is 986. The Morgan fingerprint density at radius 3 is 2.42 bits per heavy atom. The fraction of sp³-hybridized carbons (Fsp3) is 0.381. The highest BCUT2D eigenvalue weighted by molar-refractivity contribution is 5.79. The highest BCUT2D eigenvalue weighted by Gasteiger charge is 2.48. The molecular formula is C21H19F6NO3. The van der Waals surface area contributed by atoms with Crippen LogP contribution in [0.1, 0.15) is 37.3 Å². The van der Waals surface area contributed by atoms with Crippen LogP contribution in [0.25, 0.3) is 0 Å². The Morgan fingerprint density at radius 1 is 1.16 bits per heavy atom. The van der Waals surface area contributed by atoms with E-state index in [9.17, 15) is 36.2 Å². The third-order valence-electron chi connectivity index (χ3n) is 5.02. The molecule has 1 aliphatic carbocycles. The average molecular weight is 447 g/mol. The molecule has 1 fully saturated rings. The van der Waals surface area contributed by atoms with E-state index in [1.807, 2.05) is 0 Å². The molecule has 31 heavy (non-hydrogen) atoms. The van der Waals surface area contributed by atoms with E-state index in [1.54, 1.807) is 0 Å². The zero-order valence-electron chi connectivity index (χ0n) is 16.3. The van der Waals surface area contributed by atoms with Gasteiger partial charge in [0, 0.05) is 17.2 Å². The summed E-state index contributed by atoms with van der Waals surface area (Å²) >= 11 is 0. The zero-order chi connectivity index (χ0) is 23.0. The summed E-state index contributed by atoms with van der Waals surface area (Å²) < 4.78 is 83.4. The minimum absolute atomic E-state index is 0.0480. The van der Waals surface area contributed by atoms with Crippen molar-refractivity contribution in [3.63, 3.8) is 0 Å². The lowest BCUT2D eigenvalue weighted by Crippen LogP contribution is -2.39. The van der Waals surface area contributed by atoms with Crippen LogP contribution in [0.3, 0.4) is 0 Å². The zero-order valence-corrected chi connectivity index (χ0v) is 16.3. The first-order valence-electron chi connectivity index (χ1n) is 9.30. The van der Waals surface area contributed by atoms with Gasteiger partial charge in [-0.2, -0.15) is 13.2 Å². The molecule has 0 radical (unpaired) electrons. The molecule has 1 saturated carbocycles. The van der Waals surface area contributed by atoms with Crippen LogP contribution >= 0.6 is 0 Å². The second kappa shape index (κ2) is 8.07. The summed E-state index contributed by atoms with van der Waals surface area (Å²) in [5.41, 5.74) is -3.49. The smallest absolute Gasteiger partial charge is 0.422 e. The van der Waals surface area contributed by atoms with Gasteiger partial charge in [-0.25, -0.2) is 13.2 Å². The van der Waals surface area contributed by atoms with Crippen molar-refractivity contribution in [3.8, 4) is 5.75 Å². The first-order valence-corrected chi connectivity index (χ1v) is 9.30. The van der Waals surface area contributed by atoms with E-state index in [1.165, 1.54) is 19.1 Å². The van der Waals surface area contributed by atoms with Gasteiger partial charge in [0.25, 0.3) is 0 Å². The lowest BCUT2D eigenvalue weighted by atomic mass is 9.91. The van der Waals surface area contributed by atoms with Crippen molar-refractivity contribution in [1.29, 1.82) is 0 Å². The number of hydrogen-bond donors (Lipinski definition) is 2. The molecule has 1 unspecified atom stereocenters. The van der Waals surface area contributed by atoms with Crippen molar-refractivity contribution in [2.45, 2.75) is 43.5 Å². The fourth-order valence-corrected chi connectivity index (χ4v) is 3.38. The maximum absolute atomic E-state index is 14.7. The standard InChI is InChI=1S/C21H19F6NO3/c1-19(30,13-6-5-12(22)9-15(13)23)10-17(29)28-20(7-8-20)14-3-2-4-16(18(14)24)31-11-21(25,26)27/h2-6,9,30H,7-8,10-11H2,1H3,(H,28,29). The van der Waals surface area contributed by atoms with Crippen molar-refractivity contribution in [3.05, 3.63) is 65.0 Å². The molecule has 0 spiro atoms. The van der Waals surface area contributed by atoms with Gasteiger partial charge in [-0.15, -0.1) is 0 Å². The summed E-state index contributed by atoms with van der Waals surface area (Å²) in [6, 6.07) is 6.21. The highest BCUT2D eigenvalue weighted by Crippen LogP contribution is 2.48. The van der Waals surface area contributed by atoms with Gasteiger partial charge >= 0.3 is 6.18 Å². The van der Waals surface area contributed by atoms with Crippen LogP contribution in [-0.4, -0.2) is 23.8 Å². The summed E-state index contributed by atoms with van der Waals surface area (Å²) in [7, 11) is 0. The molecular weight excluding hydrogens is 428 g/mol. The second-order valence-electron chi connectivity index (χ2n) is 7.73. The molecule has 1 amide bonds. The molecule has 0 aliphatic heterocycles. The van der Waals surface area contributed by atoms with Gasteiger partial charge in [-0.1, -0.05) is 18.2 Å². The SMILES string of the molecule is CC(O)(CC(=O)NC1(c2cccc(OCC(F)(F)F)c2F)CC1)c1ccc(F)cc1F. The maximum atomic E-state index is 14.7. The van der Waals surface area contributed by atoms with Crippen LogP contribution < -0.4 is 10.1 Å². The summed E-state index contributed by atoms with van der Waals surface area (Å²) in [6.45, 7) is -0.493. The number of nitrogens with one attached hydrogen (secondary N) is 1. The summed E-state index contributed by atoms with van der Waals surface area (Å²) in [5, 5.41) is 13.1. The van der Waals surface area contributed by atoms with Gasteiger partial charge in [0.2, 0.25) is 5.91 Å². The number of carbonyl (C=O) groups excluding carboxylic acids is 1. The molecule has 10 heteroatoms. The van der Waals surface area contributed by atoms with Gasteiger partial charge in [-0.05, 0) is 31.9 Å². The minimum atomic E-state index is -4.64. The van der Waals surface area contributed by atoms with E-state index in [4.69, 9.17) is 0 Å². The number of ether oxygens (including phenoxy) is 1. The number of alkyl halides is 3. The first-order chi connectivity index (χ1) is 14.3. The molecule has 2 N–H and O–H groups in total. The van der Waals surface area contributed by atoms with Crippen LogP contribution in [0.2, 0.25) is 0 Å². The first kappa shape index (κ1) is 22.9. The molecule has 0 heterocycles. The molecule has 2 aromatic carbocycles. The molecule has 1 atom stereocenters. The van der Waals surface area contributed by atoms with Crippen LogP contribution in [0, 0.1) is 17.5 Å². The maximum Gasteiger partial charge on any atom is 0.422 e. The highest BCUT2D eigenvalue weighted by atomic mass is 19.4. The number of aliphatic hydroxyl groups is 1. The van der Waals surface area contributed by atoms with Crippen molar-refractivity contribution in [2.24, 2.45) is 0 Å². The Kier molecular flexibility index (Phi) is 5.96. The van der Waals surface area contributed by atoms with Crippen molar-refractivity contribution in [2.75, 3.05) is 6.61 Å². The van der Waals surface area contributed by atoms with Crippen molar-refractivity contribution < 1.29 is 41.0 Å². The Balaban J connectivity index is 1.75. The molecule has 3 rings (SSSR count). The van der Waals surface area contributed by atoms with Gasteiger partial charge in [-0.3, -0.25) is 4.79 Å². The molecule has 168 valence electrons. The van der Waals surface area contributed by atoms with Crippen LogP contribution in [0.5, 0.6) is 5.75 Å². The van der Waals surface area contributed by atoms with E-state index >= 15 is 0 Å². The average Bonchev–Trinajstić information content (AvgIpc) is 3.39. The third-order valence-corrected chi connectivity index (χ3v) is 5.02. The van der Waals surface area contributed by atoms with E-state index in [2.05, 4.69) is 10.1 Å². The van der Waals surface area contributed by atoms with E-state index in [-0.39, 0.29) is 11.1 Å². The molecule has 0 aromatic heterocycles. The van der Waals surface area contributed by atoms with Crippen molar-refractivity contribution in [1.82, 2.24) is 5.32 Å². The topological polar surface area (TPSA) is 58.6 Å². The fourth-order valence-electron chi connectivity index (χ4n) is 3.38. The molecule has 0 saturated heterocycles. The largest absolute Gasteiger partial charge is 0.481 e. The quantitative estimate of drug-likeness (QED) is 0.617. The molecule has 0 bridgehead atoms. The number of halogens is 6. The third kappa shape index (κ3) is 5.30. The van der Waals surface area contributed by atoms with Gasteiger partial charge in [0.15, 0.2) is 18.2 Å². The number of rotatable bonds is 7. The number of hydrogen-bond acceptors (Lipinski definition) is 3. The van der Waals surface area contributed by atoms with Gasteiger partial charge in [0.05, 0.1) is 17.6 Å². The lowest BCUT2D eigenvalue weighted by molar-refractivity contribution is -0.153. The molecule has 4 nitrogen and oxygen atoms in total. The lowest BCUT2D eigenvalue weighted by Gasteiger charge is -2.26. The summed E-state index contributed by atoms with van der Waals surface area (Å²) in [6.07, 6.45) is -4.63. The number of carbonyl (C=O) groups is 1. The molecule has 1 aliphatic rings. The van der Waals surface area contributed by atoms with E-state index in [0.29, 0.717) is 18.9 Å². The van der Waals surface area contributed by atoms with Crippen molar-refractivity contribution >= 4 is 5.91 Å². The summed E-state index contributed by atoms with van der Waals surface area (Å²) in [4.78, 5) is 12.5. The normalized spacial score (nSPS) is 17.0.